The van der Waals surface area contributed by atoms with E-state index in [1.807, 2.05) is 0 Å². The topological polar surface area (TPSA) is 58.2 Å². The fourth-order valence-corrected chi connectivity index (χ4v) is 2.67. The first-order chi connectivity index (χ1) is 12.0. The third-order valence-electron chi connectivity index (χ3n) is 3.69. The molecule has 0 saturated carbocycles. The third-order valence-corrected chi connectivity index (χ3v) is 4.72. The van der Waals surface area contributed by atoms with E-state index in [-0.39, 0.29) is 0 Å². The van der Waals surface area contributed by atoms with Crippen LogP contribution in [0.15, 0.2) is 0 Å². The molecule has 0 fully saturated rings. The highest BCUT2D eigenvalue weighted by atomic mass is 35.6. The number of halogens is 6. The molecule has 0 aliphatic carbocycles. The monoisotopic (exact) mass is 488 g/mol. The highest BCUT2D eigenvalue weighted by molar-refractivity contribution is 6.76. The smallest absolute Gasteiger partial charge is 0.272 e. The van der Waals surface area contributed by atoms with E-state index >= 15 is 0 Å². The van der Waals surface area contributed by atoms with Gasteiger partial charge < -0.3 is 10.6 Å². The molecule has 0 saturated heterocycles. The fourth-order valence-electron chi connectivity index (χ4n) is 2.27. The number of nitrogens with one attached hydrogen (secondary N) is 2. The van der Waals surface area contributed by atoms with Gasteiger partial charge in [0.2, 0.25) is 0 Å². The lowest BCUT2D eigenvalue weighted by atomic mass is 10.1. The first kappa shape index (κ1) is 26.7. The molecule has 0 aromatic heterocycles. The van der Waals surface area contributed by atoms with Crippen LogP contribution in [0.1, 0.15) is 64.2 Å². The van der Waals surface area contributed by atoms with Gasteiger partial charge in [-0.05, 0) is 12.8 Å². The fraction of sp³-hybridized carbons (Fsp3) is 0.875. The Morgan fingerprint density at radius 2 is 0.731 bits per heavy atom. The summed E-state index contributed by atoms with van der Waals surface area (Å²) < 4.78 is -3.76. The summed E-state index contributed by atoms with van der Waals surface area (Å²) in [5.41, 5.74) is 0. The van der Waals surface area contributed by atoms with Crippen molar-refractivity contribution in [1.29, 1.82) is 0 Å². The largest absolute Gasteiger partial charge is 0.352 e. The molecule has 0 aliphatic rings. The molecule has 2 N–H and O–H groups in total. The first-order valence-electron chi connectivity index (χ1n) is 8.75. The zero-order valence-electron chi connectivity index (χ0n) is 14.6. The summed E-state index contributed by atoms with van der Waals surface area (Å²) in [5, 5.41) is 5.18. The SMILES string of the molecule is O=C(NCCCCCCCCCCCCNC(=O)C(Cl)(Cl)Cl)C(Cl)(Cl)Cl. The minimum Gasteiger partial charge on any atom is -0.352 e. The van der Waals surface area contributed by atoms with Gasteiger partial charge in [-0.3, -0.25) is 9.59 Å². The van der Waals surface area contributed by atoms with Crippen molar-refractivity contribution in [3.8, 4) is 0 Å². The molecule has 0 heterocycles. The summed E-state index contributed by atoms with van der Waals surface area (Å²) in [7, 11) is 0. The maximum Gasteiger partial charge on any atom is 0.272 e. The molecule has 0 aliphatic heterocycles. The number of amides is 2. The number of hydrogen-bond acceptors (Lipinski definition) is 2. The summed E-state index contributed by atoms with van der Waals surface area (Å²) in [5.74, 6) is -1.15. The minimum atomic E-state index is -1.88. The summed E-state index contributed by atoms with van der Waals surface area (Å²) in [4.78, 5) is 22.6. The summed E-state index contributed by atoms with van der Waals surface area (Å²) in [6, 6.07) is 0. The number of carbonyl (C=O) groups excluding carboxylic acids is 2. The lowest BCUT2D eigenvalue weighted by Gasteiger charge is -2.11. The molecule has 0 atom stereocenters. The Kier molecular flexibility index (Phi) is 15.0. The summed E-state index contributed by atoms with van der Waals surface area (Å²) >= 11 is 32.7. The second kappa shape index (κ2) is 14.6. The average Bonchev–Trinajstić information content (AvgIpc) is 2.52. The van der Waals surface area contributed by atoms with Crippen LogP contribution in [0.2, 0.25) is 0 Å². The van der Waals surface area contributed by atoms with Gasteiger partial charge in [0.1, 0.15) is 0 Å². The van der Waals surface area contributed by atoms with Gasteiger partial charge in [-0.25, -0.2) is 0 Å². The molecule has 0 radical (unpaired) electrons. The van der Waals surface area contributed by atoms with Crippen LogP contribution in [-0.4, -0.2) is 32.5 Å². The van der Waals surface area contributed by atoms with Crippen molar-refractivity contribution in [2.45, 2.75) is 71.8 Å². The predicted octanol–water partition coefficient (Wildman–Crippen LogP) is 5.86. The van der Waals surface area contributed by atoms with E-state index in [0.29, 0.717) is 13.1 Å². The zero-order valence-corrected chi connectivity index (χ0v) is 19.1. The van der Waals surface area contributed by atoms with E-state index in [1.165, 1.54) is 25.7 Å². The van der Waals surface area contributed by atoms with Crippen LogP contribution in [0.25, 0.3) is 0 Å². The van der Waals surface area contributed by atoms with Gasteiger partial charge in [-0.15, -0.1) is 0 Å². The van der Waals surface area contributed by atoms with Crippen LogP contribution >= 0.6 is 69.6 Å². The molecule has 0 aromatic rings. The normalized spacial score (nSPS) is 12.1. The van der Waals surface area contributed by atoms with Crippen molar-refractivity contribution < 1.29 is 9.59 Å². The quantitative estimate of drug-likeness (QED) is 0.251. The second-order valence-corrected chi connectivity index (χ2v) is 10.6. The summed E-state index contributed by atoms with van der Waals surface area (Å²) in [6.45, 7) is 1.06. The van der Waals surface area contributed by atoms with Crippen molar-refractivity contribution in [3.63, 3.8) is 0 Å². The minimum absolute atomic E-state index is 0.529. The zero-order chi connectivity index (χ0) is 20.1. The number of carbonyl (C=O) groups is 2. The molecule has 26 heavy (non-hydrogen) atoms. The van der Waals surface area contributed by atoms with Crippen LogP contribution < -0.4 is 10.6 Å². The van der Waals surface area contributed by atoms with E-state index in [4.69, 9.17) is 69.6 Å². The molecule has 0 rings (SSSR count). The first-order valence-corrected chi connectivity index (χ1v) is 11.0. The number of unbranched alkanes of at least 4 members (excludes halogenated alkanes) is 9. The third kappa shape index (κ3) is 15.7. The van der Waals surface area contributed by atoms with Crippen LogP contribution in [-0.2, 0) is 9.59 Å². The van der Waals surface area contributed by atoms with E-state index in [1.54, 1.807) is 0 Å². The molecule has 2 amide bonds. The van der Waals surface area contributed by atoms with E-state index < -0.39 is 19.4 Å². The Balaban J connectivity index is 3.28. The number of hydrogen-bond donors (Lipinski definition) is 2. The summed E-state index contributed by atoms with van der Waals surface area (Å²) in [6.07, 6.45) is 10.9. The van der Waals surface area contributed by atoms with Crippen molar-refractivity contribution in [2.24, 2.45) is 0 Å². The molecular weight excluding hydrogens is 465 g/mol. The van der Waals surface area contributed by atoms with Gasteiger partial charge in [-0.1, -0.05) is 121 Å². The molecule has 0 aromatic carbocycles. The van der Waals surface area contributed by atoms with Gasteiger partial charge >= 0.3 is 0 Å². The lowest BCUT2D eigenvalue weighted by molar-refractivity contribution is -0.121. The van der Waals surface area contributed by atoms with Crippen molar-refractivity contribution >= 4 is 81.4 Å². The van der Waals surface area contributed by atoms with Gasteiger partial charge in [0.25, 0.3) is 19.4 Å². The van der Waals surface area contributed by atoms with Crippen molar-refractivity contribution in [1.82, 2.24) is 10.6 Å². The Labute approximate surface area is 185 Å². The Morgan fingerprint density at radius 1 is 0.500 bits per heavy atom. The number of rotatable bonds is 13. The maximum atomic E-state index is 11.3. The van der Waals surface area contributed by atoms with Gasteiger partial charge in [0.05, 0.1) is 0 Å². The van der Waals surface area contributed by atoms with Crippen molar-refractivity contribution in [3.05, 3.63) is 0 Å². The number of alkyl halides is 6. The average molecular weight is 491 g/mol. The van der Waals surface area contributed by atoms with Crippen LogP contribution in [0.4, 0.5) is 0 Å². The molecule has 0 unspecified atom stereocenters. The Hall–Kier alpha value is 0.680. The van der Waals surface area contributed by atoms with Crippen LogP contribution in [0.3, 0.4) is 0 Å². The van der Waals surface area contributed by atoms with Crippen LogP contribution in [0.5, 0.6) is 0 Å². The molecule has 4 nitrogen and oxygen atoms in total. The second-order valence-electron chi connectivity index (χ2n) is 6.04. The highest BCUT2D eigenvalue weighted by Crippen LogP contribution is 2.26. The molecule has 10 heteroatoms. The van der Waals surface area contributed by atoms with E-state index in [9.17, 15) is 9.59 Å². The van der Waals surface area contributed by atoms with E-state index in [0.717, 1.165) is 38.5 Å². The van der Waals surface area contributed by atoms with Gasteiger partial charge in [-0.2, -0.15) is 0 Å². The molecule has 154 valence electrons. The van der Waals surface area contributed by atoms with Gasteiger partial charge in [0, 0.05) is 13.1 Å². The molecule has 0 bridgehead atoms. The van der Waals surface area contributed by atoms with Gasteiger partial charge in [0.15, 0.2) is 0 Å². The lowest BCUT2D eigenvalue weighted by Crippen LogP contribution is -2.35. The Bertz CT molecular complexity index is 373. The molecular formula is C16H26Cl6N2O2. The van der Waals surface area contributed by atoms with Crippen LogP contribution in [0, 0.1) is 0 Å². The van der Waals surface area contributed by atoms with Crippen molar-refractivity contribution in [2.75, 3.05) is 13.1 Å². The maximum absolute atomic E-state index is 11.3. The Morgan fingerprint density at radius 3 is 0.962 bits per heavy atom. The van der Waals surface area contributed by atoms with E-state index in [2.05, 4.69) is 10.6 Å². The predicted molar refractivity (Wildman–Crippen MR) is 113 cm³/mol. The standard InChI is InChI=1S/C16H26Cl6N2O2/c17-15(18,19)13(25)23-11-9-7-5-3-1-2-4-6-8-10-12-24-14(26)16(20,21)22/h1-12H2,(H,23,25)(H,24,26). The molecule has 0 spiro atoms. The highest BCUT2D eigenvalue weighted by Gasteiger charge is 2.30.